The number of nitrogens with two attached hydrogens (primary N) is 1. The minimum atomic E-state index is -1.00. The van der Waals surface area contributed by atoms with Gasteiger partial charge in [0.05, 0.1) is 0 Å². The average molecular weight is 202 g/mol. The van der Waals surface area contributed by atoms with E-state index < -0.39 is 12.0 Å². The molecule has 0 aromatic heterocycles. The van der Waals surface area contributed by atoms with Gasteiger partial charge in [-0.25, -0.2) is 0 Å². The van der Waals surface area contributed by atoms with E-state index in [1.54, 1.807) is 0 Å². The summed E-state index contributed by atoms with van der Waals surface area (Å²) in [5.41, 5.74) is 4.94. The first-order chi connectivity index (χ1) is 3.18. The Labute approximate surface area is 63.5 Å². The van der Waals surface area contributed by atoms with E-state index in [4.69, 9.17) is 10.8 Å². The van der Waals surface area contributed by atoms with Crippen LogP contribution < -0.4 is 5.73 Å². The van der Waals surface area contributed by atoms with Crippen LogP contribution in [0.2, 0.25) is 0 Å². The van der Waals surface area contributed by atoms with E-state index in [9.17, 15) is 4.79 Å². The molecule has 50 valence electrons. The summed E-state index contributed by atoms with van der Waals surface area (Å²) in [4.78, 5) is 9.76. The Morgan fingerprint density at radius 2 is 2.25 bits per heavy atom. The summed E-state index contributed by atoms with van der Waals surface area (Å²) in [7, 11) is 0. The van der Waals surface area contributed by atoms with Crippen molar-refractivity contribution >= 4 is 35.7 Å². The Balaban J connectivity index is 0. The summed E-state index contributed by atoms with van der Waals surface area (Å²) in [5, 5.41) is 8.01. The van der Waals surface area contributed by atoms with Gasteiger partial charge in [-0.3, -0.25) is 4.79 Å². The van der Waals surface area contributed by atoms with E-state index in [0.29, 0.717) is 0 Å². The van der Waals surface area contributed by atoms with E-state index in [1.165, 1.54) is 0 Å². The topological polar surface area (TPSA) is 63.3 Å². The number of carboxylic acids is 1. The second kappa shape index (κ2) is 5.44. The van der Waals surface area contributed by atoms with Crippen LogP contribution in [0.5, 0.6) is 0 Å². The maximum atomic E-state index is 9.76. The predicted molar refractivity (Wildman–Crippen MR) is 38.0 cm³/mol. The van der Waals surface area contributed by atoms with Crippen molar-refractivity contribution in [2.75, 3.05) is 5.75 Å². The van der Waals surface area contributed by atoms with Gasteiger partial charge in [-0.05, 0) is 0 Å². The fourth-order valence-electron chi connectivity index (χ4n) is 0.0781. The summed E-state index contributed by atoms with van der Waals surface area (Å²) >= 11 is 3.65. The van der Waals surface area contributed by atoms with Crippen LogP contribution in [0.4, 0.5) is 0 Å². The van der Waals surface area contributed by atoms with E-state index in [-0.39, 0.29) is 22.8 Å². The van der Waals surface area contributed by atoms with Crippen LogP contribution in [0.25, 0.3) is 0 Å². The van der Waals surface area contributed by atoms with Crippen molar-refractivity contribution in [2.45, 2.75) is 6.04 Å². The van der Waals surface area contributed by atoms with Crippen molar-refractivity contribution in [3.8, 4) is 0 Å². The Morgan fingerprint density at radius 3 is 2.25 bits per heavy atom. The second-order valence-corrected chi connectivity index (χ2v) is 1.49. The minimum absolute atomic E-state index is 0. The summed E-state index contributed by atoms with van der Waals surface area (Å²) in [6, 6.07) is -0.816. The molecule has 0 bridgehead atoms. The van der Waals surface area contributed by atoms with Crippen molar-refractivity contribution in [1.82, 2.24) is 0 Å². The van der Waals surface area contributed by atoms with E-state index in [0.717, 1.165) is 0 Å². The van der Waals surface area contributed by atoms with Crippen molar-refractivity contribution in [3.63, 3.8) is 0 Å². The zero-order chi connectivity index (χ0) is 5.86. The standard InChI is InChI=1S/C3H7NO2S.H2Se/c4-2(1-7)3(5)6;/h2,7H,1,4H2,(H,5,6);1H2. The molecule has 0 radical (unpaired) electrons. The van der Waals surface area contributed by atoms with Gasteiger partial charge in [0.2, 0.25) is 0 Å². The molecule has 3 nitrogen and oxygen atoms in total. The van der Waals surface area contributed by atoms with Gasteiger partial charge in [0.1, 0.15) is 6.04 Å². The molecule has 8 heavy (non-hydrogen) atoms. The number of rotatable bonds is 2. The van der Waals surface area contributed by atoms with Gasteiger partial charge in [-0.1, -0.05) is 0 Å². The zero-order valence-corrected chi connectivity index (χ0v) is 7.16. The quantitative estimate of drug-likeness (QED) is 0.374. The molecule has 0 aliphatic heterocycles. The molecule has 5 heteroatoms. The molecule has 0 saturated carbocycles. The van der Waals surface area contributed by atoms with Crippen LogP contribution in [0, 0.1) is 0 Å². The van der Waals surface area contributed by atoms with Gasteiger partial charge in [-0.2, -0.15) is 12.6 Å². The van der Waals surface area contributed by atoms with Crippen molar-refractivity contribution in [1.29, 1.82) is 0 Å². The van der Waals surface area contributed by atoms with Crippen LogP contribution in [0.3, 0.4) is 0 Å². The molecule has 0 heterocycles. The normalized spacial score (nSPS) is 11.8. The molecule has 1 unspecified atom stereocenters. The van der Waals surface area contributed by atoms with E-state index in [2.05, 4.69) is 12.6 Å². The first kappa shape index (κ1) is 11.1. The molecule has 0 aromatic rings. The van der Waals surface area contributed by atoms with Gasteiger partial charge in [0.15, 0.2) is 0 Å². The van der Waals surface area contributed by atoms with Crippen molar-refractivity contribution < 1.29 is 9.90 Å². The van der Waals surface area contributed by atoms with Crippen LogP contribution in [0.1, 0.15) is 0 Å². The van der Waals surface area contributed by atoms with Gasteiger partial charge in [0, 0.05) is 5.75 Å². The first-order valence-corrected chi connectivity index (χ1v) is 2.41. The summed E-state index contributed by atoms with van der Waals surface area (Å²) in [6.07, 6.45) is 0. The summed E-state index contributed by atoms with van der Waals surface area (Å²) in [6.45, 7) is 0. The Hall–Kier alpha value is 0.299. The van der Waals surface area contributed by atoms with Crippen LogP contribution >= 0.6 is 12.6 Å². The van der Waals surface area contributed by atoms with Crippen LogP contribution in [-0.2, 0) is 4.79 Å². The number of carboxylic acid groups (broad SMARTS) is 1. The van der Waals surface area contributed by atoms with Crippen molar-refractivity contribution in [3.05, 3.63) is 0 Å². The van der Waals surface area contributed by atoms with E-state index in [1.807, 2.05) is 0 Å². The Kier molecular flexibility index (Phi) is 7.57. The van der Waals surface area contributed by atoms with Gasteiger partial charge >= 0.3 is 23.0 Å². The van der Waals surface area contributed by atoms with Gasteiger partial charge in [0.25, 0.3) is 0 Å². The fourth-order valence-corrected chi connectivity index (χ4v) is 0.234. The fraction of sp³-hybridized carbons (Fsp3) is 0.667. The molecular formula is C3H9NO2SSe. The Bertz CT molecular complexity index is 79.7. The molecular weight excluding hydrogens is 193 g/mol. The summed E-state index contributed by atoms with van der Waals surface area (Å²) in [5.74, 6) is -0.815. The van der Waals surface area contributed by atoms with Crippen LogP contribution in [0.15, 0.2) is 0 Å². The van der Waals surface area contributed by atoms with Crippen LogP contribution in [-0.4, -0.2) is 39.9 Å². The van der Waals surface area contributed by atoms with Crippen molar-refractivity contribution in [2.24, 2.45) is 5.73 Å². The molecule has 0 spiro atoms. The second-order valence-electron chi connectivity index (χ2n) is 1.13. The molecule has 3 N–H and O–H groups in total. The number of thiol groups is 1. The molecule has 0 aromatic carbocycles. The first-order valence-electron chi connectivity index (χ1n) is 1.77. The third-order valence-corrected chi connectivity index (χ3v) is 0.907. The average Bonchev–Trinajstić information content (AvgIpc) is 1.65. The maximum absolute atomic E-state index is 9.76. The van der Waals surface area contributed by atoms with Gasteiger partial charge < -0.3 is 10.8 Å². The molecule has 1 atom stereocenters. The number of hydrogen-bond donors (Lipinski definition) is 3. The molecule has 0 saturated heterocycles. The monoisotopic (exact) mass is 203 g/mol. The zero-order valence-electron chi connectivity index (χ0n) is 4.16. The number of carbonyl (C=O) groups is 1. The molecule has 0 aliphatic carbocycles. The molecule has 0 fully saturated rings. The predicted octanol–water partition coefficient (Wildman–Crippen LogP) is -1.59. The third kappa shape index (κ3) is 4.46. The SMILES string of the molecule is NC(CS)C(=O)O.[SeH2]. The Morgan fingerprint density at radius 1 is 1.88 bits per heavy atom. The third-order valence-electron chi connectivity index (χ3n) is 0.514. The van der Waals surface area contributed by atoms with E-state index >= 15 is 0 Å². The van der Waals surface area contributed by atoms with Gasteiger partial charge in [-0.15, -0.1) is 0 Å². The molecule has 0 aliphatic rings. The molecule has 0 rings (SSSR count). The number of hydrogen-bond acceptors (Lipinski definition) is 3. The molecule has 0 amide bonds. The number of aliphatic carboxylic acids is 1. The summed E-state index contributed by atoms with van der Waals surface area (Å²) < 4.78 is 0.